The van der Waals surface area contributed by atoms with Gasteiger partial charge in [-0.1, -0.05) is 17.3 Å². The van der Waals surface area contributed by atoms with Gasteiger partial charge in [-0.25, -0.2) is 0 Å². The maximum Gasteiger partial charge on any atom is 0.151 e. The standard InChI is InChI=1S/C21H25N5O2/c1-14-18(15(2)28-24-14)13-25(3)16-11-26(12-16)21-10-9-19(22-23-21)17-7-5-6-8-20(17)27-4/h5-10,16H,11-13H2,1-4H3. The Morgan fingerprint density at radius 2 is 1.93 bits per heavy atom. The summed E-state index contributed by atoms with van der Waals surface area (Å²) in [6, 6.07) is 12.3. The molecular formula is C21H25N5O2. The highest BCUT2D eigenvalue weighted by Crippen LogP contribution is 2.29. The minimum absolute atomic E-state index is 0.476. The van der Waals surface area contributed by atoms with Crippen LogP contribution in [0.15, 0.2) is 40.9 Å². The van der Waals surface area contributed by atoms with E-state index in [1.165, 1.54) is 5.56 Å². The molecule has 1 fully saturated rings. The summed E-state index contributed by atoms with van der Waals surface area (Å²) in [5, 5.41) is 12.9. The molecule has 3 aromatic rings. The molecule has 2 aromatic heterocycles. The monoisotopic (exact) mass is 379 g/mol. The lowest BCUT2D eigenvalue weighted by Gasteiger charge is -2.44. The van der Waals surface area contributed by atoms with Crippen molar-refractivity contribution in [2.24, 2.45) is 0 Å². The van der Waals surface area contributed by atoms with Crippen molar-refractivity contribution in [2.75, 3.05) is 32.1 Å². The van der Waals surface area contributed by atoms with Crippen LogP contribution in [-0.2, 0) is 6.54 Å². The molecule has 0 amide bonds. The Kier molecular flexibility index (Phi) is 5.00. The van der Waals surface area contributed by atoms with Gasteiger partial charge in [0, 0.05) is 36.8 Å². The number of para-hydroxylation sites is 1. The second-order valence-electron chi connectivity index (χ2n) is 7.25. The van der Waals surface area contributed by atoms with E-state index in [-0.39, 0.29) is 0 Å². The molecule has 0 spiro atoms. The van der Waals surface area contributed by atoms with Crippen LogP contribution in [0.2, 0.25) is 0 Å². The molecule has 7 nitrogen and oxygen atoms in total. The topological polar surface area (TPSA) is 67.5 Å². The van der Waals surface area contributed by atoms with Gasteiger partial charge in [0.05, 0.1) is 18.5 Å². The van der Waals surface area contributed by atoms with Gasteiger partial charge in [0.25, 0.3) is 0 Å². The fraction of sp³-hybridized carbons (Fsp3) is 0.381. The molecule has 0 atom stereocenters. The molecule has 0 aliphatic carbocycles. The van der Waals surface area contributed by atoms with Crippen LogP contribution in [0.3, 0.4) is 0 Å². The van der Waals surface area contributed by atoms with Crippen LogP contribution in [0.5, 0.6) is 5.75 Å². The van der Waals surface area contributed by atoms with E-state index in [1.54, 1.807) is 7.11 Å². The summed E-state index contributed by atoms with van der Waals surface area (Å²) in [5.74, 6) is 2.61. The number of rotatable bonds is 6. The van der Waals surface area contributed by atoms with Gasteiger partial charge in [-0.05, 0) is 45.2 Å². The van der Waals surface area contributed by atoms with Crippen molar-refractivity contribution in [3.05, 3.63) is 53.4 Å². The molecule has 3 heterocycles. The fourth-order valence-corrected chi connectivity index (χ4v) is 3.52. The molecule has 4 rings (SSSR count). The van der Waals surface area contributed by atoms with E-state index in [0.29, 0.717) is 6.04 Å². The molecule has 0 N–H and O–H groups in total. The molecule has 146 valence electrons. The van der Waals surface area contributed by atoms with Crippen molar-refractivity contribution in [3.63, 3.8) is 0 Å². The summed E-state index contributed by atoms with van der Waals surface area (Å²) in [6.07, 6.45) is 0. The Bertz CT molecular complexity index is 928. The summed E-state index contributed by atoms with van der Waals surface area (Å²) in [6.45, 7) is 6.67. The van der Waals surface area contributed by atoms with Gasteiger partial charge in [0.15, 0.2) is 5.82 Å². The summed E-state index contributed by atoms with van der Waals surface area (Å²) >= 11 is 0. The van der Waals surface area contributed by atoms with E-state index in [0.717, 1.165) is 53.9 Å². The maximum absolute atomic E-state index is 5.42. The molecule has 0 unspecified atom stereocenters. The highest BCUT2D eigenvalue weighted by molar-refractivity contribution is 5.67. The van der Waals surface area contributed by atoms with Crippen LogP contribution < -0.4 is 9.64 Å². The number of aryl methyl sites for hydroxylation is 2. The molecular weight excluding hydrogens is 354 g/mol. The molecule has 0 bridgehead atoms. The number of aromatic nitrogens is 3. The predicted octanol–water partition coefficient (Wildman–Crippen LogP) is 3.08. The minimum Gasteiger partial charge on any atom is -0.496 e. The number of hydrogen-bond acceptors (Lipinski definition) is 7. The summed E-state index contributed by atoms with van der Waals surface area (Å²) in [4.78, 5) is 4.59. The normalized spacial score (nSPS) is 14.4. The Labute approximate surface area is 164 Å². The lowest BCUT2D eigenvalue weighted by molar-refractivity contribution is 0.195. The lowest BCUT2D eigenvalue weighted by Crippen LogP contribution is -2.58. The number of anilines is 1. The lowest BCUT2D eigenvalue weighted by atomic mass is 10.1. The largest absolute Gasteiger partial charge is 0.496 e. The molecule has 28 heavy (non-hydrogen) atoms. The van der Waals surface area contributed by atoms with E-state index in [9.17, 15) is 0 Å². The zero-order chi connectivity index (χ0) is 19.7. The van der Waals surface area contributed by atoms with E-state index < -0.39 is 0 Å². The third-order valence-electron chi connectivity index (χ3n) is 5.43. The minimum atomic E-state index is 0.476. The highest BCUT2D eigenvalue weighted by Gasteiger charge is 2.31. The first-order valence-electron chi connectivity index (χ1n) is 9.41. The van der Waals surface area contributed by atoms with Crippen molar-refractivity contribution in [3.8, 4) is 17.0 Å². The Morgan fingerprint density at radius 3 is 2.57 bits per heavy atom. The third-order valence-corrected chi connectivity index (χ3v) is 5.43. The summed E-state index contributed by atoms with van der Waals surface area (Å²) in [7, 11) is 3.81. The third kappa shape index (κ3) is 3.45. The first-order valence-corrected chi connectivity index (χ1v) is 9.41. The quantitative estimate of drug-likeness (QED) is 0.652. The Balaban J connectivity index is 1.38. The number of benzene rings is 1. The van der Waals surface area contributed by atoms with Gasteiger partial charge in [0.2, 0.25) is 0 Å². The molecule has 0 saturated carbocycles. The zero-order valence-electron chi connectivity index (χ0n) is 16.7. The molecule has 1 aromatic carbocycles. The van der Waals surface area contributed by atoms with E-state index in [1.807, 2.05) is 50.2 Å². The van der Waals surface area contributed by atoms with Gasteiger partial charge in [-0.15, -0.1) is 10.2 Å². The summed E-state index contributed by atoms with van der Waals surface area (Å²) in [5.41, 5.74) is 3.92. The van der Waals surface area contributed by atoms with E-state index in [2.05, 4.69) is 32.2 Å². The number of methoxy groups -OCH3 is 1. The molecule has 1 aliphatic rings. The SMILES string of the molecule is COc1ccccc1-c1ccc(N2CC(N(C)Cc3c(C)noc3C)C2)nn1. The smallest absolute Gasteiger partial charge is 0.151 e. The second-order valence-corrected chi connectivity index (χ2v) is 7.25. The first-order chi connectivity index (χ1) is 13.6. The second kappa shape index (κ2) is 7.59. The van der Waals surface area contributed by atoms with Gasteiger partial charge in [0.1, 0.15) is 11.5 Å². The number of ether oxygens (including phenoxy) is 1. The highest BCUT2D eigenvalue weighted by atomic mass is 16.5. The van der Waals surface area contributed by atoms with Crippen molar-refractivity contribution >= 4 is 5.82 Å². The average Bonchev–Trinajstić information content (AvgIpc) is 2.99. The fourth-order valence-electron chi connectivity index (χ4n) is 3.52. The van der Waals surface area contributed by atoms with Crippen LogP contribution in [0.4, 0.5) is 5.82 Å². The van der Waals surface area contributed by atoms with E-state index in [4.69, 9.17) is 9.26 Å². The van der Waals surface area contributed by atoms with Crippen LogP contribution in [-0.4, -0.2) is 53.5 Å². The van der Waals surface area contributed by atoms with Crippen LogP contribution in [0.1, 0.15) is 17.0 Å². The van der Waals surface area contributed by atoms with Crippen LogP contribution >= 0.6 is 0 Å². The van der Waals surface area contributed by atoms with Gasteiger partial charge >= 0.3 is 0 Å². The average molecular weight is 379 g/mol. The van der Waals surface area contributed by atoms with Gasteiger partial charge < -0.3 is 14.2 Å². The molecule has 0 radical (unpaired) electrons. The zero-order valence-corrected chi connectivity index (χ0v) is 16.7. The Hall–Kier alpha value is -2.93. The summed E-state index contributed by atoms with van der Waals surface area (Å²) < 4.78 is 10.7. The Morgan fingerprint density at radius 1 is 1.14 bits per heavy atom. The number of likely N-dealkylation sites (N-methyl/N-ethyl adjacent to an activating group) is 1. The first kappa shape index (κ1) is 18.4. The van der Waals surface area contributed by atoms with Crippen molar-refractivity contribution in [2.45, 2.75) is 26.4 Å². The molecule has 1 saturated heterocycles. The van der Waals surface area contributed by atoms with Gasteiger partial charge in [-0.2, -0.15) is 0 Å². The maximum atomic E-state index is 5.42. The van der Waals surface area contributed by atoms with Crippen molar-refractivity contribution in [1.29, 1.82) is 0 Å². The van der Waals surface area contributed by atoms with Crippen molar-refractivity contribution in [1.82, 2.24) is 20.3 Å². The number of nitrogens with zero attached hydrogens (tertiary/aromatic N) is 5. The van der Waals surface area contributed by atoms with E-state index >= 15 is 0 Å². The molecule has 1 aliphatic heterocycles. The number of hydrogen-bond donors (Lipinski definition) is 0. The predicted molar refractivity (Wildman–Crippen MR) is 107 cm³/mol. The van der Waals surface area contributed by atoms with Crippen molar-refractivity contribution < 1.29 is 9.26 Å². The molecule has 7 heteroatoms. The van der Waals surface area contributed by atoms with Gasteiger partial charge in [-0.3, -0.25) is 4.90 Å². The van der Waals surface area contributed by atoms with Crippen LogP contribution in [0.25, 0.3) is 11.3 Å². The van der Waals surface area contributed by atoms with Crippen LogP contribution in [0, 0.1) is 13.8 Å².